The molecule has 0 radical (unpaired) electrons. The first-order valence-corrected chi connectivity index (χ1v) is 9.55. The fourth-order valence-electron chi connectivity index (χ4n) is 4.25. The second-order valence-electron chi connectivity index (χ2n) is 7.40. The Labute approximate surface area is 143 Å². The fourth-order valence-corrected chi connectivity index (χ4v) is 4.25. The van der Waals surface area contributed by atoms with Gasteiger partial charge in [0.1, 0.15) is 5.84 Å². The van der Waals surface area contributed by atoms with E-state index in [0.29, 0.717) is 18.0 Å². The molecule has 24 heavy (non-hydrogen) atoms. The van der Waals surface area contributed by atoms with Crippen LogP contribution in [0.4, 0.5) is 11.8 Å². The first-order valence-electron chi connectivity index (χ1n) is 9.55. The number of hydrazine groups is 1. The van der Waals surface area contributed by atoms with Crippen LogP contribution in [0.2, 0.25) is 0 Å². The smallest absolute Gasteiger partial charge is 0.224 e. The molecule has 0 amide bonds. The Kier molecular flexibility index (Phi) is 4.92. The van der Waals surface area contributed by atoms with Gasteiger partial charge in [-0.1, -0.05) is 32.1 Å². The second-order valence-corrected chi connectivity index (χ2v) is 7.40. The lowest BCUT2D eigenvalue weighted by Gasteiger charge is -2.22. The Hall–Kier alpha value is -1.69. The van der Waals surface area contributed by atoms with Crippen molar-refractivity contribution >= 4 is 17.6 Å². The van der Waals surface area contributed by atoms with Crippen molar-refractivity contribution in [2.24, 2.45) is 10.9 Å². The summed E-state index contributed by atoms with van der Waals surface area (Å²) in [5.74, 6) is 3.23. The molecule has 1 aliphatic heterocycles. The highest BCUT2D eigenvalue weighted by Gasteiger charge is 2.30. The lowest BCUT2D eigenvalue weighted by atomic mass is 9.96. The summed E-state index contributed by atoms with van der Waals surface area (Å²) >= 11 is 0. The van der Waals surface area contributed by atoms with Crippen LogP contribution >= 0.6 is 0 Å². The quantitative estimate of drug-likeness (QED) is 0.791. The van der Waals surface area contributed by atoms with E-state index in [-0.39, 0.29) is 0 Å². The Balaban J connectivity index is 1.38. The average molecular weight is 328 g/mol. The van der Waals surface area contributed by atoms with Gasteiger partial charge in [0.05, 0.1) is 0 Å². The third-order valence-electron chi connectivity index (χ3n) is 5.61. The van der Waals surface area contributed by atoms with Gasteiger partial charge in [0.2, 0.25) is 5.95 Å². The largest absolute Gasteiger partial charge is 0.351 e. The van der Waals surface area contributed by atoms with Gasteiger partial charge in [0.25, 0.3) is 0 Å². The number of aliphatic imine (C=N–C) groups is 1. The van der Waals surface area contributed by atoms with E-state index in [2.05, 4.69) is 31.1 Å². The van der Waals surface area contributed by atoms with Crippen molar-refractivity contribution in [2.75, 3.05) is 5.32 Å². The summed E-state index contributed by atoms with van der Waals surface area (Å²) in [5, 5.41) is 3.47. The molecule has 1 saturated heterocycles. The summed E-state index contributed by atoms with van der Waals surface area (Å²) in [6, 6.07) is 2.91. The topological polar surface area (TPSA) is 74.2 Å². The van der Waals surface area contributed by atoms with Gasteiger partial charge in [-0.25, -0.2) is 15.4 Å². The van der Waals surface area contributed by atoms with E-state index in [1.165, 1.54) is 57.8 Å². The number of nitrogens with one attached hydrogen (secondary N) is 3. The normalized spacial score (nSPS) is 27.5. The van der Waals surface area contributed by atoms with Gasteiger partial charge >= 0.3 is 0 Å². The van der Waals surface area contributed by atoms with Gasteiger partial charge in [-0.05, 0) is 31.6 Å². The highest BCUT2D eigenvalue weighted by atomic mass is 15.4. The van der Waals surface area contributed by atoms with Crippen LogP contribution in [0.25, 0.3) is 0 Å². The summed E-state index contributed by atoms with van der Waals surface area (Å²) in [7, 11) is 0. The third-order valence-corrected chi connectivity index (χ3v) is 5.61. The first kappa shape index (κ1) is 15.8. The van der Waals surface area contributed by atoms with E-state index >= 15 is 0 Å². The maximum Gasteiger partial charge on any atom is 0.224 e. The molecule has 1 aromatic heterocycles. The maximum absolute atomic E-state index is 4.69. The molecule has 3 aliphatic rings. The monoisotopic (exact) mass is 328 g/mol. The maximum atomic E-state index is 4.69. The molecule has 2 aliphatic carbocycles. The number of nitrogens with zero attached hydrogens (tertiary/aromatic N) is 3. The number of rotatable bonds is 4. The van der Waals surface area contributed by atoms with E-state index < -0.39 is 0 Å². The third kappa shape index (κ3) is 3.86. The molecule has 130 valence electrons. The number of hydrogen-bond donors (Lipinski definition) is 3. The predicted octanol–water partition coefficient (Wildman–Crippen LogP) is 3.31. The number of aromatic nitrogens is 2. The Bertz CT molecular complexity index is 575. The van der Waals surface area contributed by atoms with Crippen LogP contribution in [0.5, 0.6) is 0 Å². The minimum atomic E-state index is 0.514. The van der Waals surface area contributed by atoms with E-state index in [4.69, 9.17) is 0 Å². The molecular weight excluding hydrogens is 300 g/mol. The molecule has 4 rings (SSSR count). The van der Waals surface area contributed by atoms with Crippen molar-refractivity contribution < 1.29 is 0 Å². The van der Waals surface area contributed by atoms with Crippen LogP contribution < -0.4 is 16.2 Å². The minimum Gasteiger partial charge on any atom is -0.351 e. The summed E-state index contributed by atoms with van der Waals surface area (Å²) in [6.45, 7) is 0. The first-order chi connectivity index (χ1) is 11.9. The summed E-state index contributed by atoms with van der Waals surface area (Å²) in [5.41, 5.74) is 6.66. The highest BCUT2D eigenvalue weighted by molar-refractivity contribution is 5.86. The van der Waals surface area contributed by atoms with E-state index in [9.17, 15) is 0 Å². The SMILES string of the molecule is c1cc(N=C2CC(C3CCCC3)NN2)nc(NC2CCCCC2)n1. The molecule has 6 nitrogen and oxygen atoms in total. The second kappa shape index (κ2) is 7.47. The van der Waals surface area contributed by atoms with Gasteiger partial charge in [0, 0.05) is 30.8 Å². The Morgan fingerprint density at radius 2 is 1.83 bits per heavy atom. The van der Waals surface area contributed by atoms with Gasteiger partial charge in [-0.3, -0.25) is 0 Å². The molecule has 3 fully saturated rings. The van der Waals surface area contributed by atoms with Crippen LogP contribution in [0, 0.1) is 5.92 Å². The molecule has 0 bridgehead atoms. The highest BCUT2D eigenvalue weighted by Crippen LogP contribution is 2.30. The zero-order valence-corrected chi connectivity index (χ0v) is 14.3. The molecule has 1 atom stereocenters. The lowest BCUT2D eigenvalue weighted by Crippen LogP contribution is -2.35. The van der Waals surface area contributed by atoms with Gasteiger partial charge < -0.3 is 10.7 Å². The lowest BCUT2D eigenvalue weighted by molar-refractivity contribution is 0.384. The zero-order valence-electron chi connectivity index (χ0n) is 14.3. The summed E-state index contributed by atoms with van der Waals surface area (Å²) in [4.78, 5) is 13.6. The number of anilines is 1. The van der Waals surface area contributed by atoms with Crippen molar-refractivity contribution in [3.63, 3.8) is 0 Å². The van der Waals surface area contributed by atoms with Crippen LogP contribution in [0.15, 0.2) is 17.3 Å². The molecule has 2 saturated carbocycles. The molecule has 1 unspecified atom stereocenters. The van der Waals surface area contributed by atoms with Gasteiger partial charge in [-0.15, -0.1) is 0 Å². The Morgan fingerprint density at radius 3 is 2.67 bits per heavy atom. The summed E-state index contributed by atoms with van der Waals surface area (Å²) in [6.07, 6.45) is 14.6. The van der Waals surface area contributed by atoms with Crippen molar-refractivity contribution in [2.45, 2.75) is 76.3 Å². The molecule has 1 aromatic rings. The number of amidine groups is 1. The zero-order chi connectivity index (χ0) is 16.2. The molecule has 0 aromatic carbocycles. The van der Waals surface area contributed by atoms with Crippen LogP contribution in [0.3, 0.4) is 0 Å². The molecule has 6 heteroatoms. The fraction of sp³-hybridized carbons (Fsp3) is 0.722. The van der Waals surface area contributed by atoms with Crippen LogP contribution in [-0.2, 0) is 0 Å². The summed E-state index contributed by atoms with van der Waals surface area (Å²) < 4.78 is 0. The van der Waals surface area contributed by atoms with Crippen molar-refractivity contribution in [1.82, 2.24) is 20.8 Å². The standard InChI is InChI=1S/C18H28N6/c1-2-8-14(9-3-1)20-18-19-11-10-16(22-18)21-17-12-15(23-24-17)13-6-4-5-7-13/h10-11,13-15,23H,1-9,12H2,(H2,19,20,21,22,24). The predicted molar refractivity (Wildman–Crippen MR) is 96.3 cm³/mol. The minimum absolute atomic E-state index is 0.514. The average Bonchev–Trinajstić information content (AvgIpc) is 3.27. The van der Waals surface area contributed by atoms with Crippen molar-refractivity contribution in [3.8, 4) is 0 Å². The molecule has 2 heterocycles. The van der Waals surface area contributed by atoms with Crippen LogP contribution in [-0.4, -0.2) is 27.9 Å². The Morgan fingerprint density at radius 1 is 1.04 bits per heavy atom. The number of hydrogen-bond acceptors (Lipinski definition) is 5. The van der Waals surface area contributed by atoms with Gasteiger partial charge in [0.15, 0.2) is 5.82 Å². The van der Waals surface area contributed by atoms with Gasteiger partial charge in [-0.2, -0.15) is 4.98 Å². The molecule has 0 spiro atoms. The van der Waals surface area contributed by atoms with E-state index in [1.54, 1.807) is 6.20 Å². The van der Waals surface area contributed by atoms with Crippen molar-refractivity contribution in [1.29, 1.82) is 0 Å². The van der Waals surface area contributed by atoms with E-state index in [0.717, 1.165) is 24.0 Å². The van der Waals surface area contributed by atoms with Crippen LogP contribution in [0.1, 0.15) is 64.2 Å². The van der Waals surface area contributed by atoms with Crippen molar-refractivity contribution in [3.05, 3.63) is 12.3 Å². The van der Waals surface area contributed by atoms with E-state index in [1.807, 2.05) is 6.07 Å². The molecular formula is C18H28N6. The molecule has 3 N–H and O–H groups in total.